The largest absolute Gasteiger partial charge is 0.492 e. The molecule has 0 bridgehead atoms. The van der Waals surface area contributed by atoms with Crippen LogP contribution in [0.25, 0.3) is 0 Å². The number of para-hydroxylation sites is 1. The molecule has 0 radical (unpaired) electrons. The third-order valence-electron chi connectivity index (χ3n) is 5.82. The van der Waals surface area contributed by atoms with Crippen molar-refractivity contribution in [2.45, 2.75) is 50.5 Å². The SMILES string of the molecule is CN(C)C1(CNC(=O)[C@@H]2COc3ccccc3C2)CCCCCC1. The minimum atomic E-state index is -0.0788. The van der Waals surface area contributed by atoms with E-state index >= 15 is 0 Å². The highest BCUT2D eigenvalue weighted by molar-refractivity contribution is 5.79. The van der Waals surface area contributed by atoms with Gasteiger partial charge in [-0.05, 0) is 45.0 Å². The van der Waals surface area contributed by atoms with Gasteiger partial charge in [-0.25, -0.2) is 0 Å². The van der Waals surface area contributed by atoms with Gasteiger partial charge in [-0.1, -0.05) is 43.9 Å². The van der Waals surface area contributed by atoms with Crippen molar-refractivity contribution in [2.75, 3.05) is 27.2 Å². The van der Waals surface area contributed by atoms with Crippen LogP contribution in [-0.2, 0) is 11.2 Å². The van der Waals surface area contributed by atoms with Crippen LogP contribution in [0.3, 0.4) is 0 Å². The second kappa shape index (κ2) is 7.56. The Morgan fingerprint density at radius 3 is 2.62 bits per heavy atom. The summed E-state index contributed by atoms with van der Waals surface area (Å²) in [6.07, 6.45) is 8.26. The fraction of sp³-hybridized carbons (Fsp3) is 0.650. The molecule has 0 aromatic heterocycles. The Balaban J connectivity index is 1.60. The zero-order valence-corrected chi connectivity index (χ0v) is 15.0. The van der Waals surface area contributed by atoms with E-state index in [0.29, 0.717) is 6.61 Å². The lowest BCUT2D eigenvalue weighted by atomic mass is 9.88. The molecular formula is C20H30N2O2. The summed E-state index contributed by atoms with van der Waals surface area (Å²) in [4.78, 5) is 15.0. The number of ether oxygens (including phenoxy) is 1. The average molecular weight is 330 g/mol. The summed E-state index contributed by atoms with van der Waals surface area (Å²) in [6, 6.07) is 8.03. The zero-order chi connectivity index (χ0) is 17.0. The molecule has 1 aliphatic heterocycles. The van der Waals surface area contributed by atoms with Crippen molar-refractivity contribution in [1.82, 2.24) is 10.2 Å². The molecule has 1 aromatic rings. The molecule has 4 heteroatoms. The number of hydrogen-bond acceptors (Lipinski definition) is 3. The monoisotopic (exact) mass is 330 g/mol. The van der Waals surface area contributed by atoms with Gasteiger partial charge in [0.2, 0.25) is 5.91 Å². The van der Waals surface area contributed by atoms with E-state index in [9.17, 15) is 4.79 Å². The van der Waals surface area contributed by atoms with Crippen LogP contribution in [0.2, 0.25) is 0 Å². The quantitative estimate of drug-likeness (QED) is 0.863. The number of carbonyl (C=O) groups is 1. The van der Waals surface area contributed by atoms with E-state index in [2.05, 4.69) is 30.4 Å². The van der Waals surface area contributed by atoms with Crippen molar-refractivity contribution in [3.8, 4) is 5.75 Å². The first-order valence-corrected chi connectivity index (χ1v) is 9.27. The van der Waals surface area contributed by atoms with Gasteiger partial charge in [0, 0.05) is 12.1 Å². The van der Waals surface area contributed by atoms with Crippen LogP contribution < -0.4 is 10.1 Å². The van der Waals surface area contributed by atoms with Gasteiger partial charge < -0.3 is 15.0 Å². The highest BCUT2D eigenvalue weighted by atomic mass is 16.5. The van der Waals surface area contributed by atoms with E-state index in [1.807, 2.05) is 18.2 Å². The summed E-state index contributed by atoms with van der Waals surface area (Å²) in [7, 11) is 4.30. The van der Waals surface area contributed by atoms with Gasteiger partial charge in [-0.15, -0.1) is 0 Å². The molecule has 4 nitrogen and oxygen atoms in total. The smallest absolute Gasteiger partial charge is 0.226 e. The van der Waals surface area contributed by atoms with Gasteiger partial charge in [0.25, 0.3) is 0 Å². The van der Waals surface area contributed by atoms with Crippen LogP contribution >= 0.6 is 0 Å². The van der Waals surface area contributed by atoms with E-state index in [0.717, 1.165) is 24.3 Å². The number of nitrogens with one attached hydrogen (secondary N) is 1. The number of benzene rings is 1. The standard InChI is InChI=1S/C20H30N2O2/c1-22(2)20(11-7-3-4-8-12-20)15-21-19(23)17-13-16-9-5-6-10-18(16)24-14-17/h5-6,9-10,17H,3-4,7-8,11-15H2,1-2H3,(H,21,23)/t17-/m0/s1. The Bertz CT molecular complexity index is 563. The van der Waals surface area contributed by atoms with E-state index in [-0.39, 0.29) is 17.4 Å². The molecule has 0 unspecified atom stereocenters. The van der Waals surface area contributed by atoms with Crippen LogP contribution in [0.5, 0.6) is 5.75 Å². The lowest BCUT2D eigenvalue weighted by molar-refractivity contribution is -0.127. The molecule has 1 saturated carbocycles. The summed E-state index contributed by atoms with van der Waals surface area (Å²) in [5.74, 6) is 0.981. The van der Waals surface area contributed by atoms with Gasteiger partial charge in [0.1, 0.15) is 12.4 Å². The van der Waals surface area contributed by atoms with E-state index in [1.165, 1.54) is 38.5 Å². The second-order valence-electron chi connectivity index (χ2n) is 7.57. The Kier molecular flexibility index (Phi) is 5.44. The molecule has 1 N–H and O–H groups in total. The molecule has 1 atom stereocenters. The molecule has 2 aliphatic rings. The van der Waals surface area contributed by atoms with Gasteiger partial charge >= 0.3 is 0 Å². The number of hydrogen-bond donors (Lipinski definition) is 1. The first-order chi connectivity index (χ1) is 11.6. The van der Waals surface area contributed by atoms with Crippen LogP contribution in [0.4, 0.5) is 0 Å². The van der Waals surface area contributed by atoms with Crippen molar-refractivity contribution >= 4 is 5.91 Å². The molecule has 0 spiro atoms. The number of fused-ring (bicyclic) bond motifs is 1. The Morgan fingerprint density at radius 2 is 1.92 bits per heavy atom. The lowest BCUT2D eigenvalue weighted by Crippen LogP contribution is -2.53. The fourth-order valence-electron chi connectivity index (χ4n) is 4.06. The van der Waals surface area contributed by atoms with Crippen LogP contribution in [0, 0.1) is 5.92 Å². The van der Waals surface area contributed by atoms with Gasteiger partial charge in [-0.2, -0.15) is 0 Å². The molecule has 1 fully saturated rings. The minimum absolute atomic E-state index is 0.0788. The zero-order valence-electron chi connectivity index (χ0n) is 15.0. The minimum Gasteiger partial charge on any atom is -0.492 e. The second-order valence-corrected chi connectivity index (χ2v) is 7.57. The number of likely N-dealkylation sites (N-methyl/N-ethyl adjacent to an activating group) is 1. The molecule has 0 saturated heterocycles. The Hall–Kier alpha value is -1.55. The molecule has 1 aromatic carbocycles. The van der Waals surface area contributed by atoms with Crippen LogP contribution in [-0.4, -0.2) is 43.6 Å². The van der Waals surface area contributed by atoms with Crippen molar-refractivity contribution in [2.24, 2.45) is 5.92 Å². The first-order valence-electron chi connectivity index (χ1n) is 9.27. The van der Waals surface area contributed by atoms with E-state index in [1.54, 1.807) is 0 Å². The molecule has 132 valence electrons. The summed E-state index contributed by atoms with van der Waals surface area (Å²) in [6.45, 7) is 1.23. The van der Waals surface area contributed by atoms with E-state index in [4.69, 9.17) is 4.74 Å². The van der Waals surface area contributed by atoms with Crippen LogP contribution in [0.1, 0.15) is 44.1 Å². The summed E-state index contributed by atoms with van der Waals surface area (Å²) < 4.78 is 5.77. The molecular weight excluding hydrogens is 300 g/mol. The number of carbonyl (C=O) groups excluding carboxylic acids is 1. The molecule has 3 rings (SSSR count). The fourth-order valence-corrected chi connectivity index (χ4v) is 4.06. The van der Waals surface area contributed by atoms with Gasteiger partial charge in [0.05, 0.1) is 5.92 Å². The van der Waals surface area contributed by atoms with Crippen molar-refractivity contribution in [1.29, 1.82) is 0 Å². The predicted octanol–water partition coefficient (Wildman–Crippen LogP) is 3.01. The Morgan fingerprint density at radius 1 is 1.21 bits per heavy atom. The maximum absolute atomic E-state index is 12.7. The third-order valence-corrected chi connectivity index (χ3v) is 5.82. The number of amides is 1. The topological polar surface area (TPSA) is 41.6 Å². The molecule has 1 aliphatic carbocycles. The van der Waals surface area contributed by atoms with E-state index < -0.39 is 0 Å². The highest BCUT2D eigenvalue weighted by Crippen LogP contribution is 2.31. The maximum atomic E-state index is 12.7. The predicted molar refractivity (Wildman–Crippen MR) is 96.3 cm³/mol. The third kappa shape index (κ3) is 3.75. The van der Waals surface area contributed by atoms with Crippen LogP contribution in [0.15, 0.2) is 24.3 Å². The lowest BCUT2D eigenvalue weighted by Gasteiger charge is -2.40. The molecule has 1 heterocycles. The summed E-state index contributed by atoms with van der Waals surface area (Å²) in [5.41, 5.74) is 1.25. The summed E-state index contributed by atoms with van der Waals surface area (Å²) in [5, 5.41) is 3.24. The average Bonchev–Trinajstić information content (AvgIpc) is 2.86. The maximum Gasteiger partial charge on any atom is 0.226 e. The summed E-state index contributed by atoms with van der Waals surface area (Å²) >= 11 is 0. The molecule has 1 amide bonds. The molecule has 24 heavy (non-hydrogen) atoms. The van der Waals surface area contributed by atoms with Crippen molar-refractivity contribution in [3.05, 3.63) is 29.8 Å². The van der Waals surface area contributed by atoms with Gasteiger partial charge in [-0.3, -0.25) is 4.79 Å². The Labute approximate surface area is 145 Å². The van der Waals surface area contributed by atoms with Crippen molar-refractivity contribution in [3.63, 3.8) is 0 Å². The highest BCUT2D eigenvalue weighted by Gasteiger charge is 2.34. The number of rotatable bonds is 4. The number of nitrogens with zero attached hydrogens (tertiary/aromatic N) is 1. The normalized spacial score (nSPS) is 23.0. The van der Waals surface area contributed by atoms with Gasteiger partial charge in [0.15, 0.2) is 0 Å². The van der Waals surface area contributed by atoms with Crippen molar-refractivity contribution < 1.29 is 9.53 Å². The first kappa shape index (κ1) is 17.3.